The van der Waals surface area contributed by atoms with Crippen LogP contribution >= 0.6 is 11.6 Å². The molecule has 1 unspecified atom stereocenters. The number of fused-ring (bicyclic) bond motifs is 1. The molecule has 6 N–H and O–H groups in total. The number of hydrazine groups is 1. The number of allylic oxidation sites excluding steroid dienone is 3. The third-order valence-corrected chi connectivity index (χ3v) is 9.32. The molecule has 0 saturated carbocycles. The lowest BCUT2D eigenvalue weighted by atomic mass is 9.96. The fraction of sp³-hybridized carbons (Fsp3) is 0.442. The highest BCUT2D eigenvalue weighted by molar-refractivity contribution is 6.33. The fourth-order valence-corrected chi connectivity index (χ4v) is 6.43. The van der Waals surface area contributed by atoms with Gasteiger partial charge in [0, 0.05) is 62.7 Å². The Kier molecular flexibility index (Phi) is 23.0. The van der Waals surface area contributed by atoms with Gasteiger partial charge in [-0.3, -0.25) is 4.79 Å². The highest BCUT2D eigenvalue weighted by atomic mass is 35.5. The highest BCUT2D eigenvalue weighted by Crippen LogP contribution is 2.33. The van der Waals surface area contributed by atoms with Crippen molar-refractivity contribution in [1.29, 1.82) is 0 Å². The van der Waals surface area contributed by atoms with Crippen molar-refractivity contribution in [3.63, 3.8) is 0 Å². The quantitative estimate of drug-likeness (QED) is 0.0529. The van der Waals surface area contributed by atoms with Gasteiger partial charge in [-0.15, -0.1) is 0 Å². The Morgan fingerprint density at radius 2 is 1.64 bits per heavy atom. The molecule has 0 spiro atoms. The summed E-state index contributed by atoms with van der Waals surface area (Å²) in [7, 11) is 3.80. The van der Waals surface area contributed by atoms with Gasteiger partial charge in [0.05, 0.1) is 68.3 Å². The second-order valence-corrected chi connectivity index (χ2v) is 13.1. The van der Waals surface area contributed by atoms with E-state index in [9.17, 15) is 9.59 Å². The summed E-state index contributed by atoms with van der Waals surface area (Å²) in [6.07, 6.45) is 7.50. The average Bonchev–Trinajstić information content (AvgIpc) is 3.70. The summed E-state index contributed by atoms with van der Waals surface area (Å²) in [5.41, 5.74) is 13.5. The van der Waals surface area contributed by atoms with Crippen LogP contribution in [0.3, 0.4) is 0 Å². The molecule has 4 rings (SSSR count). The van der Waals surface area contributed by atoms with Gasteiger partial charge in [-0.25, -0.2) is 5.84 Å². The van der Waals surface area contributed by atoms with Crippen LogP contribution in [0, 0.1) is 0 Å². The predicted molar refractivity (Wildman–Crippen MR) is 229 cm³/mol. The van der Waals surface area contributed by atoms with Crippen molar-refractivity contribution < 1.29 is 23.8 Å². The normalized spacial score (nSPS) is 17.5. The number of ether oxygens (including phenoxy) is 3. The van der Waals surface area contributed by atoms with E-state index in [-0.39, 0.29) is 11.9 Å². The van der Waals surface area contributed by atoms with Gasteiger partial charge in [0.1, 0.15) is 12.3 Å². The first-order chi connectivity index (χ1) is 27.2. The van der Waals surface area contributed by atoms with E-state index in [4.69, 9.17) is 37.4 Å². The van der Waals surface area contributed by atoms with Crippen LogP contribution in [-0.2, 0) is 30.3 Å². The number of anilines is 1. The third kappa shape index (κ3) is 14.8. The Balaban J connectivity index is 0.000000962. The number of hydrogen-bond acceptors (Lipinski definition) is 11. The van der Waals surface area contributed by atoms with E-state index in [2.05, 4.69) is 46.2 Å². The topological polar surface area (TPSA) is 148 Å². The van der Waals surface area contributed by atoms with E-state index in [1.54, 1.807) is 24.2 Å². The zero-order valence-corrected chi connectivity index (χ0v) is 34.6. The Bertz CT molecular complexity index is 1610. The van der Waals surface area contributed by atoms with E-state index in [1.165, 1.54) is 0 Å². The maximum Gasteiger partial charge on any atom is 0.242 e. The molecule has 0 aromatic heterocycles. The lowest BCUT2D eigenvalue weighted by molar-refractivity contribution is -0.122. The fourth-order valence-electron chi connectivity index (χ4n) is 6.19. The van der Waals surface area contributed by atoms with Crippen molar-refractivity contribution in [2.45, 2.75) is 52.1 Å². The minimum atomic E-state index is -0.218. The van der Waals surface area contributed by atoms with Gasteiger partial charge in [-0.2, -0.15) is 0 Å². The Hall–Kier alpha value is -4.59. The number of para-hydroxylation sites is 1. The van der Waals surface area contributed by atoms with Crippen LogP contribution in [-0.4, -0.2) is 102 Å². The van der Waals surface area contributed by atoms with Crippen LogP contribution in [0.25, 0.3) is 5.70 Å². The van der Waals surface area contributed by atoms with Crippen molar-refractivity contribution in [3.05, 3.63) is 119 Å². The molecule has 0 bridgehead atoms. The number of carbonyl (C=O) groups excluding carboxylic acids is 2. The Morgan fingerprint density at radius 3 is 2.29 bits per heavy atom. The molecule has 308 valence electrons. The predicted octanol–water partition coefficient (Wildman–Crippen LogP) is 5.77. The maximum absolute atomic E-state index is 12.8. The van der Waals surface area contributed by atoms with E-state index in [0.717, 1.165) is 71.6 Å². The number of nitrogens with one attached hydrogen (secondary N) is 2. The Labute approximate surface area is 339 Å². The summed E-state index contributed by atoms with van der Waals surface area (Å²) >= 11 is 6.36. The SMILES string of the molecule is C=C(CCC=O)NC.C=CC1=C(\C=C)N(C)Cc2ccccc2/C(N(N)CCOCCOCCOCCNC(=O)C2CCCN2c2ccccc2Cl)=C\1N.CC. The first-order valence-corrected chi connectivity index (χ1v) is 19.7. The number of nitrogens with two attached hydrogens (primary N) is 2. The number of nitrogens with zero attached hydrogens (tertiary/aromatic N) is 3. The van der Waals surface area contributed by atoms with Gasteiger partial charge in [0.15, 0.2) is 0 Å². The molecular weight excluding hydrogens is 730 g/mol. The zero-order valence-electron chi connectivity index (χ0n) is 33.9. The standard InChI is InChI=1S/C35H47ClN6O4.C6H11NO.C2H6/c1-4-27-30(5-2)40(3)25-26-11-6-7-12-28(26)34(33(27)37)42(38)18-20-45-22-24-46-23-21-44-19-16-39-35(43)32-15-10-17-41(32)31-14-9-8-13-29(31)36;1-6(7-2)4-3-5-8;1-2/h4-9,11-14,32H,1-2,10,15-25,37-38H2,3H3,(H,39,43);5,7H,1,3-4H2,2H3;1-2H3/b30-27-,34-33-;;. The minimum absolute atomic E-state index is 0.00470. The molecule has 2 aromatic carbocycles. The van der Waals surface area contributed by atoms with Gasteiger partial charge < -0.3 is 50.2 Å². The second kappa shape index (κ2) is 27.1. The number of hydrogen-bond donors (Lipinski definition) is 4. The molecule has 2 heterocycles. The summed E-state index contributed by atoms with van der Waals surface area (Å²) in [4.78, 5) is 26.7. The van der Waals surface area contributed by atoms with Gasteiger partial charge >= 0.3 is 0 Å². The molecule has 0 radical (unpaired) electrons. The molecule has 12 nitrogen and oxygen atoms in total. The third-order valence-electron chi connectivity index (χ3n) is 9.00. The van der Waals surface area contributed by atoms with E-state index in [0.29, 0.717) is 76.4 Å². The van der Waals surface area contributed by atoms with E-state index in [1.807, 2.05) is 63.4 Å². The van der Waals surface area contributed by atoms with E-state index >= 15 is 0 Å². The number of aldehydes is 1. The molecule has 1 amide bonds. The molecule has 1 saturated heterocycles. The minimum Gasteiger partial charge on any atom is -0.396 e. The molecule has 2 aliphatic heterocycles. The molecule has 13 heteroatoms. The van der Waals surface area contributed by atoms with Crippen molar-refractivity contribution in [2.24, 2.45) is 11.6 Å². The first kappa shape index (κ1) is 47.6. The van der Waals surface area contributed by atoms with Gasteiger partial charge in [0.2, 0.25) is 5.91 Å². The van der Waals surface area contributed by atoms with Gasteiger partial charge in [-0.1, -0.05) is 87.7 Å². The molecule has 0 aliphatic carbocycles. The summed E-state index contributed by atoms with van der Waals surface area (Å²) in [5.74, 6) is 6.56. The van der Waals surface area contributed by atoms with Crippen LogP contribution in [0.2, 0.25) is 5.02 Å². The highest BCUT2D eigenvalue weighted by Gasteiger charge is 2.31. The molecule has 2 aromatic rings. The molecule has 1 fully saturated rings. The van der Waals surface area contributed by atoms with Crippen molar-refractivity contribution in [1.82, 2.24) is 20.5 Å². The molecular formula is C43H64ClN7O5. The van der Waals surface area contributed by atoms with Gasteiger partial charge in [-0.05, 0) is 43.0 Å². The number of carbonyl (C=O) groups is 2. The molecule has 2 aliphatic rings. The van der Waals surface area contributed by atoms with Gasteiger partial charge in [0.25, 0.3) is 0 Å². The second-order valence-electron chi connectivity index (χ2n) is 12.7. The number of likely N-dealkylation sites (N-methyl/N-ethyl adjacent to an activating group) is 1. The van der Waals surface area contributed by atoms with Crippen molar-refractivity contribution in [2.75, 3.05) is 78.3 Å². The summed E-state index contributed by atoms with van der Waals surface area (Å²) in [5, 5.41) is 8.12. The van der Waals surface area contributed by atoms with E-state index < -0.39 is 0 Å². The van der Waals surface area contributed by atoms with Crippen molar-refractivity contribution >= 4 is 35.2 Å². The van der Waals surface area contributed by atoms with Crippen LogP contribution in [0.5, 0.6) is 0 Å². The lowest BCUT2D eigenvalue weighted by Gasteiger charge is -2.32. The van der Waals surface area contributed by atoms with Crippen LogP contribution in [0.15, 0.2) is 103 Å². The molecule has 56 heavy (non-hydrogen) atoms. The maximum atomic E-state index is 12.8. The monoisotopic (exact) mass is 793 g/mol. The first-order valence-electron chi connectivity index (χ1n) is 19.3. The Morgan fingerprint density at radius 1 is 1.00 bits per heavy atom. The zero-order chi connectivity index (χ0) is 41.3. The average molecular weight is 794 g/mol. The van der Waals surface area contributed by atoms with Crippen LogP contribution in [0.4, 0.5) is 5.69 Å². The summed E-state index contributed by atoms with van der Waals surface area (Å²) in [6.45, 7) is 20.5. The summed E-state index contributed by atoms with van der Waals surface area (Å²) < 4.78 is 17.0. The summed E-state index contributed by atoms with van der Waals surface area (Å²) in [6, 6.07) is 15.5. The number of halogens is 1. The number of amides is 1. The largest absolute Gasteiger partial charge is 0.396 e. The van der Waals surface area contributed by atoms with Crippen LogP contribution < -0.4 is 27.1 Å². The number of rotatable bonds is 21. The number of benzene rings is 2. The molecule has 1 atom stereocenters. The van der Waals surface area contributed by atoms with Crippen molar-refractivity contribution in [3.8, 4) is 0 Å². The smallest absolute Gasteiger partial charge is 0.242 e. The lowest BCUT2D eigenvalue weighted by Crippen LogP contribution is -2.44. The van der Waals surface area contributed by atoms with Crippen LogP contribution in [0.1, 0.15) is 50.7 Å².